The molecule has 0 aromatic heterocycles. The van der Waals surface area contributed by atoms with E-state index in [1.165, 1.54) is 0 Å². The van der Waals surface area contributed by atoms with Crippen LogP contribution in [0.2, 0.25) is 0 Å². The zero-order chi connectivity index (χ0) is 13.5. The minimum Gasteiger partial charge on any atom is -0.463 e. The van der Waals surface area contributed by atoms with Crippen LogP contribution in [-0.2, 0) is 14.3 Å². The van der Waals surface area contributed by atoms with Crippen molar-refractivity contribution in [1.82, 2.24) is 0 Å². The summed E-state index contributed by atoms with van der Waals surface area (Å²) in [4.78, 5) is 12.0. The Morgan fingerprint density at radius 3 is 2.24 bits per heavy atom. The molecule has 0 aromatic carbocycles. The topological polar surface area (TPSA) is 35.5 Å². The zero-order valence-corrected chi connectivity index (χ0v) is 12.2. The van der Waals surface area contributed by atoms with Gasteiger partial charge in [0, 0.05) is 7.11 Å². The molecule has 0 heterocycles. The highest BCUT2D eigenvalue weighted by Gasteiger charge is 2.30. The maximum Gasteiger partial charge on any atom is 0.309 e. The van der Waals surface area contributed by atoms with Crippen molar-refractivity contribution in [3.8, 4) is 0 Å². The first-order valence-corrected chi connectivity index (χ1v) is 6.49. The predicted molar refractivity (Wildman–Crippen MR) is 69.9 cm³/mol. The molecule has 0 aliphatic heterocycles. The van der Waals surface area contributed by atoms with Crippen LogP contribution < -0.4 is 0 Å². The van der Waals surface area contributed by atoms with Crippen LogP contribution in [0.15, 0.2) is 0 Å². The molecule has 1 unspecified atom stereocenters. The molecular weight excluding hydrogens is 216 g/mol. The smallest absolute Gasteiger partial charge is 0.309 e. The van der Waals surface area contributed by atoms with Gasteiger partial charge in [-0.05, 0) is 17.8 Å². The first-order valence-electron chi connectivity index (χ1n) is 6.49. The van der Waals surface area contributed by atoms with Gasteiger partial charge in [0.1, 0.15) is 6.61 Å². The molecule has 0 fully saturated rings. The Balaban J connectivity index is 4.37. The highest BCUT2D eigenvalue weighted by Crippen LogP contribution is 2.32. The standard InChI is InChI=1S/C14H28O3/c1-7-14(4,5)10-12(11(2)3)13(15)17-9-8-16-6/h11-12H,7-10H2,1-6H3. The second-order valence-corrected chi connectivity index (χ2v) is 5.73. The van der Waals surface area contributed by atoms with Crippen molar-refractivity contribution in [3.63, 3.8) is 0 Å². The molecule has 0 aromatic rings. The normalized spacial score (nSPS) is 13.8. The number of methoxy groups -OCH3 is 1. The van der Waals surface area contributed by atoms with Crippen LogP contribution in [0.1, 0.15) is 47.5 Å². The third-order valence-corrected chi connectivity index (χ3v) is 3.37. The second kappa shape index (κ2) is 7.70. The van der Waals surface area contributed by atoms with Crippen LogP contribution >= 0.6 is 0 Å². The van der Waals surface area contributed by atoms with E-state index in [1.807, 2.05) is 0 Å². The lowest BCUT2D eigenvalue weighted by molar-refractivity contribution is -0.152. The van der Waals surface area contributed by atoms with Crippen molar-refractivity contribution in [2.45, 2.75) is 47.5 Å². The van der Waals surface area contributed by atoms with Gasteiger partial charge in [-0.25, -0.2) is 0 Å². The Kier molecular flexibility index (Phi) is 7.44. The Hall–Kier alpha value is -0.570. The van der Waals surface area contributed by atoms with Crippen LogP contribution in [0.5, 0.6) is 0 Å². The predicted octanol–water partition coefficient (Wildman–Crippen LogP) is 3.27. The van der Waals surface area contributed by atoms with E-state index in [2.05, 4.69) is 34.6 Å². The summed E-state index contributed by atoms with van der Waals surface area (Å²) in [6, 6.07) is 0. The fraction of sp³-hybridized carbons (Fsp3) is 0.929. The van der Waals surface area contributed by atoms with Gasteiger partial charge < -0.3 is 9.47 Å². The van der Waals surface area contributed by atoms with E-state index in [-0.39, 0.29) is 17.3 Å². The van der Waals surface area contributed by atoms with E-state index in [9.17, 15) is 4.79 Å². The fourth-order valence-corrected chi connectivity index (χ4v) is 1.66. The second-order valence-electron chi connectivity index (χ2n) is 5.73. The number of hydrogen-bond acceptors (Lipinski definition) is 3. The average molecular weight is 244 g/mol. The number of ether oxygens (including phenoxy) is 2. The molecule has 3 nitrogen and oxygen atoms in total. The summed E-state index contributed by atoms with van der Waals surface area (Å²) in [5.41, 5.74) is 0.190. The Bertz CT molecular complexity index is 222. The van der Waals surface area contributed by atoms with Crippen LogP contribution in [-0.4, -0.2) is 26.3 Å². The zero-order valence-electron chi connectivity index (χ0n) is 12.2. The molecule has 1 atom stereocenters. The van der Waals surface area contributed by atoms with Gasteiger partial charge in [-0.1, -0.05) is 41.0 Å². The summed E-state index contributed by atoms with van der Waals surface area (Å²) < 4.78 is 10.1. The number of carbonyl (C=O) groups excluding carboxylic acids is 1. The molecule has 17 heavy (non-hydrogen) atoms. The van der Waals surface area contributed by atoms with Gasteiger partial charge >= 0.3 is 5.97 Å². The summed E-state index contributed by atoms with van der Waals surface area (Å²) in [6.45, 7) is 11.5. The summed E-state index contributed by atoms with van der Waals surface area (Å²) in [5, 5.41) is 0. The van der Waals surface area contributed by atoms with Crippen LogP contribution in [0.25, 0.3) is 0 Å². The lowest BCUT2D eigenvalue weighted by Gasteiger charge is -2.29. The Morgan fingerprint density at radius 1 is 1.24 bits per heavy atom. The largest absolute Gasteiger partial charge is 0.463 e. The molecule has 0 bridgehead atoms. The van der Waals surface area contributed by atoms with Crippen molar-refractivity contribution in [2.75, 3.05) is 20.3 Å². The third-order valence-electron chi connectivity index (χ3n) is 3.37. The van der Waals surface area contributed by atoms with E-state index in [0.717, 1.165) is 12.8 Å². The van der Waals surface area contributed by atoms with Gasteiger partial charge in [0.25, 0.3) is 0 Å². The highest BCUT2D eigenvalue weighted by atomic mass is 16.6. The lowest BCUT2D eigenvalue weighted by atomic mass is 9.77. The van der Waals surface area contributed by atoms with E-state index in [0.29, 0.717) is 19.1 Å². The lowest BCUT2D eigenvalue weighted by Crippen LogP contribution is -2.29. The minimum absolute atomic E-state index is 0.0122. The summed E-state index contributed by atoms with van der Waals surface area (Å²) in [7, 11) is 1.61. The van der Waals surface area contributed by atoms with E-state index < -0.39 is 0 Å². The molecule has 0 radical (unpaired) electrons. The molecular formula is C14H28O3. The third kappa shape index (κ3) is 6.67. The Morgan fingerprint density at radius 2 is 1.82 bits per heavy atom. The number of rotatable bonds is 8. The molecule has 0 aliphatic carbocycles. The average Bonchev–Trinajstić information content (AvgIpc) is 2.26. The monoisotopic (exact) mass is 244 g/mol. The maximum absolute atomic E-state index is 12.0. The highest BCUT2D eigenvalue weighted by molar-refractivity contribution is 5.72. The fourth-order valence-electron chi connectivity index (χ4n) is 1.66. The molecule has 0 aliphatic rings. The van der Waals surface area contributed by atoms with Crippen molar-refractivity contribution in [3.05, 3.63) is 0 Å². The van der Waals surface area contributed by atoms with Gasteiger partial charge in [-0.2, -0.15) is 0 Å². The van der Waals surface area contributed by atoms with E-state index in [4.69, 9.17) is 9.47 Å². The van der Waals surface area contributed by atoms with Crippen molar-refractivity contribution in [2.24, 2.45) is 17.3 Å². The molecule has 0 N–H and O–H groups in total. The number of hydrogen-bond donors (Lipinski definition) is 0. The van der Waals surface area contributed by atoms with Gasteiger partial charge in [-0.3, -0.25) is 4.79 Å². The van der Waals surface area contributed by atoms with E-state index >= 15 is 0 Å². The van der Waals surface area contributed by atoms with Crippen LogP contribution in [0, 0.1) is 17.3 Å². The molecule has 0 saturated carbocycles. The van der Waals surface area contributed by atoms with Crippen molar-refractivity contribution < 1.29 is 14.3 Å². The first kappa shape index (κ1) is 16.4. The molecule has 0 saturated heterocycles. The minimum atomic E-state index is -0.0847. The van der Waals surface area contributed by atoms with Crippen LogP contribution in [0.4, 0.5) is 0 Å². The van der Waals surface area contributed by atoms with Gasteiger partial charge in [0.05, 0.1) is 12.5 Å². The molecule has 3 heteroatoms. The number of carbonyl (C=O) groups is 1. The van der Waals surface area contributed by atoms with Gasteiger partial charge in [0.2, 0.25) is 0 Å². The SMILES string of the molecule is CCC(C)(C)CC(C(=O)OCCOC)C(C)C. The molecule has 0 amide bonds. The van der Waals surface area contributed by atoms with E-state index in [1.54, 1.807) is 7.11 Å². The Labute approximate surface area is 106 Å². The maximum atomic E-state index is 12.0. The van der Waals surface area contributed by atoms with Crippen molar-refractivity contribution in [1.29, 1.82) is 0 Å². The van der Waals surface area contributed by atoms with Crippen LogP contribution in [0.3, 0.4) is 0 Å². The van der Waals surface area contributed by atoms with Gasteiger partial charge in [0.15, 0.2) is 0 Å². The van der Waals surface area contributed by atoms with Gasteiger partial charge in [-0.15, -0.1) is 0 Å². The summed E-state index contributed by atoms with van der Waals surface area (Å²) in [6.07, 6.45) is 1.95. The molecule has 0 rings (SSSR count). The molecule has 102 valence electrons. The van der Waals surface area contributed by atoms with Crippen molar-refractivity contribution >= 4 is 5.97 Å². The number of esters is 1. The molecule has 0 spiro atoms. The summed E-state index contributed by atoms with van der Waals surface area (Å²) in [5.74, 6) is 0.219. The quantitative estimate of drug-likeness (QED) is 0.485. The first-order chi connectivity index (χ1) is 7.84. The summed E-state index contributed by atoms with van der Waals surface area (Å²) >= 11 is 0.